The van der Waals surface area contributed by atoms with Crippen molar-refractivity contribution in [1.29, 1.82) is 0 Å². The molecule has 6 heteroatoms. The molecular formula is C14H20FN3O2. The standard InChI is InChI=1S/C14H20FN3O2/c1-16-13(19)9-18(3)14(20)10-17(2)8-11-5-4-6-12(15)7-11/h4-7H,8-10H2,1-3H3,(H,16,19). The van der Waals surface area contributed by atoms with Gasteiger partial charge in [0.2, 0.25) is 11.8 Å². The summed E-state index contributed by atoms with van der Waals surface area (Å²) in [4.78, 5) is 26.2. The molecule has 0 fully saturated rings. The Labute approximate surface area is 118 Å². The molecule has 0 aliphatic carbocycles. The summed E-state index contributed by atoms with van der Waals surface area (Å²) in [5.74, 6) is -0.667. The van der Waals surface area contributed by atoms with Crippen molar-refractivity contribution in [1.82, 2.24) is 15.1 Å². The van der Waals surface area contributed by atoms with Crippen LogP contribution in [0.15, 0.2) is 24.3 Å². The minimum absolute atomic E-state index is 0.0309. The summed E-state index contributed by atoms with van der Waals surface area (Å²) >= 11 is 0. The van der Waals surface area contributed by atoms with Crippen molar-refractivity contribution < 1.29 is 14.0 Å². The molecular weight excluding hydrogens is 261 g/mol. The zero-order chi connectivity index (χ0) is 15.1. The topological polar surface area (TPSA) is 52.7 Å². The van der Waals surface area contributed by atoms with Gasteiger partial charge in [-0.2, -0.15) is 0 Å². The van der Waals surface area contributed by atoms with E-state index < -0.39 is 0 Å². The minimum Gasteiger partial charge on any atom is -0.358 e. The molecule has 0 radical (unpaired) electrons. The largest absolute Gasteiger partial charge is 0.358 e. The Bertz CT molecular complexity index is 479. The number of carbonyl (C=O) groups is 2. The van der Waals surface area contributed by atoms with Crippen molar-refractivity contribution in [3.63, 3.8) is 0 Å². The first-order valence-corrected chi connectivity index (χ1v) is 6.30. The number of nitrogens with zero attached hydrogens (tertiary/aromatic N) is 2. The first-order valence-electron chi connectivity index (χ1n) is 6.30. The molecule has 2 amide bonds. The maximum Gasteiger partial charge on any atom is 0.239 e. The van der Waals surface area contributed by atoms with Crippen molar-refractivity contribution >= 4 is 11.8 Å². The van der Waals surface area contributed by atoms with Crippen molar-refractivity contribution in [2.24, 2.45) is 0 Å². The maximum absolute atomic E-state index is 13.1. The van der Waals surface area contributed by atoms with Crippen LogP contribution in [0.1, 0.15) is 5.56 Å². The van der Waals surface area contributed by atoms with E-state index in [0.29, 0.717) is 6.54 Å². The van der Waals surface area contributed by atoms with E-state index in [2.05, 4.69) is 5.32 Å². The molecule has 0 spiro atoms. The number of hydrogen-bond donors (Lipinski definition) is 1. The molecule has 110 valence electrons. The van der Waals surface area contributed by atoms with Crippen molar-refractivity contribution in [3.05, 3.63) is 35.6 Å². The number of nitrogens with one attached hydrogen (secondary N) is 1. The number of amides is 2. The van der Waals surface area contributed by atoms with Crippen molar-refractivity contribution in [2.75, 3.05) is 34.2 Å². The molecule has 0 atom stereocenters. The third-order valence-corrected chi connectivity index (χ3v) is 2.83. The predicted molar refractivity (Wildman–Crippen MR) is 74.4 cm³/mol. The first-order chi connectivity index (χ1) is 9.42. The highest BCUT2D eigenvalue weighted by atomic mass is 19.1. The molecule has 0 bridgehead atoms. The Hall–Kier alpha value is -1.95. The monoisotopic (exact) mass is 281 g/mol. The van der Waals surface area contributed by atoms with Crippen LogP contribution in [-0.2, 0) is 16.1 Å². The van der Waals surface area contributed by atoms with Gasteiger partial charge in [-0.15, -0.1) is 0 Å². The highest BCUT2D eigenvalue weighted by Gasteiger charge is 2.14. The normalized spacial score (nSPS) is 10.4. The number of benzene rings is 1. The van der Waals surface area contributed by atoms with Crippen LogP contribution in [-0.4, -0.2) is 55.8 Å². The molecule has 1 rings (SSSR count). The molecule has 0 aliphatic heterocycles. The maximum atomic E-state index is 13.1. The Balaban J connectivity index is 2.47. The number of halogens is 1. The molecule has 0 unspecified atom stereocenters. The number of hydrogen-bond acceptors (Lipinski definition) is 3. The zero-order valence-corrected chi connectivity index (χ0v) is 12.0. The average Bonchev–Trinajstić information content (AvgIpc) is 2.38. The van der Waals surface area contributed by atoms with Gasteiger partial charge in [-0.05, 0) is 24.7 Å². The zero-order valence-electron chi connectivity index (χ0n) is 12.0. The van der Waals surface area contributed by atoms with Gasteiger partial charge < -0.3 is 10.2 Å². The Morgan fingerprint density at radius 2 is 1.95 bits per heavy atom. The van der Waals surface area contributed by atoms with Gasteiger partial charge in [0.05, 0.1) is 13.1 Å². The summed E-state index contributed by atoms with van der Waals surface area (Å²) in [6.07, 6.45) is 0. The Kier molecular flexibility index (Phi) is 6.11. The molecule has 0 heterocycles. The fraction of sp³-hybridized carbons (Fsp3) is 0.429. The molecule has 1 N–H and O–H groups in total. The van der Waals surface area contributed by atoms with E-state index >= 15 is 0 Å². The van der Waals surface area contributed by atoms with Crippen LogP contribution < -0.4 is 5.32 Å². The second-order valence-electron chi connectivity index (χ2n) is 4.73. The van der Waals surface area contributed by atoms with Gasteiger partial charge in [0, 0.05) is 20.6 Å². The number of carbonyl (C=O) groups excluding carboxylic acids is 2. The summed E-state index contributed by atoms with van der Waals surface area (Å²) in [6.45, 7) is 0.671. The molecule has 1 aromatic rings. The minimum atomic E-state index is -0.293. The van der Waals surface area contributed by atoms with Gasteiger partial charge in [0.15, 0.2) is 0 Å². The summed E-state index contributed by atoms with van der Waals surface area (Å²) in [6, 6.07) is 6.26. The van der Waals surface area contributed by atoms with Crippen LogP contribution in [0.5, 0.6) is 0 Å². The first kappa shape index (κ1) is 16.1. The predicted octanol–water partition coefficient (Wildman–Crippen LogP) is 0.462. The highest BCUT2D eigenvalue weighted by Crippen LogP contribution is 2.06. The van der Waals surface area contributed by atoms with Crippen LogP contribution >= 0.6 is 0 Å². The van der Waals surface area contributed by atoms with E-state index in [9.17, 15) is 14.0 Å². The lowest BCUT2D eigenvalue weighted by atomic mass is 10.2. The molecule has 0 saturated heterocycles. The third kappa shape index (κ3) is 5.36. The number of rotatable bonds is 6. The lowest BCUT2D eigenvalue weighted by molar-refractivity contribution is -0.135. The molecule has 0 saturated carbocycles. The lowest BCUT2D eigenvalue weighted by Gasteiger charge is -2.21. The van der Waals surface area contributed by atoms with Gasteiger partial charge in [-0.1, -0.05) is 12.1 Å². The second-order valence-corrected chi connectivity index (χ2v) is 4.73. The van der Waals surface area contributed by atoms with Gasteiger partial charge >= 0.3 is 0 Å². The van der Waals surface area contributed by atoms with Crippen LogP contribution in [0.25, 0.3) is 0 Å². The molecule has 5 nitrogen and oxygen atoms in total. The lowest BCUT2D eigenvalue weighted by Crippen LogP contribution is -2.41. The smallest absolute Gasteiger partial charge is 0.239 e. The molecule has 1 aromatic carbocycles. The van der Waals surface area contributed by atoms with E-state index in [4.69, 9.17) is 0 Å². The van der Waals surface area contributed by atoms with Crippen LogP contribution in [0.2, 0.25) is 0 Å². The average molecular weight is 281 g/mol. The Morgan fingerprint density at radius 1 is 1.25 bits per heavy atom. The van der Waals surface area contributed by atoms with Crippen LogP contribution in [0.3, 0.4) is 0 Å². The van der Waals surface area contributed by atoms with E-state index in [1.807, 2.05) is 0 Å². The SMILES string of the molecule is CNC(=O)CN(C)C(=O)CN(C)Cc1cccc(F)c1. The fourth-order valence-corrected chi connectivity index (χ4v) is 1.74. The van der Waals surface area contributed by atoms with E-state index in [1.54, 1.807) is 31.1 Å². The highest BCUT2D eigenvalue weighted by molar-refractivity contribution is 5.85. The van der Waals surface area contributed by atoms with Gasteiger partial charge in [-0.25, -0.2) is 4.39 Å². The molecule has 0 aromatic heterocycles. The van der Waals surface area contributed by atoms with Crippen molar-refractivity contribution in [2.45, 2.75) is 6.54 Å². The summed E-state index contributed by atoms with van der Waals surface area (Å²) in [5, 5.41) is 2.46. The van der Waals surface area contributed by atoms with Crippen LogP contribution in [0, 0.1) is 5.82 Å². The quantitative estimate of drug-likeness (QED) is 0.824. The van der Waals surface area contributed by atoms with Crippen molar-refractivity contribution in [3.8, 4) is 0 Å². The molecule has 20 heavy (non-hydrogen) atoms. The summed E-state index contributed by atoms with van der Waals surface area (Å²) < 4.78 is 13.1. The molecule has 0 aliphatic rings. The third-order valence-electron chi connectivity index (χ3n) is 2.83. The van der Waals surface area contributed by atoms with Crippen LogP contribution in [0.4, 0.5) is 4.39 Å². The van der Waals surface area contributed by atoms with E-state index in [1.165, 1.54) is 24.1 Å². The second kappa shape index (κ2) is 7.59. The van der Waals surface area contributed by atoms with E-state index in [0.717, 1.165) is 5.56 Å². The van der Waals surface area contributed by atoms with E-state index in [-0.39, 0.29) is 30.7 Å². The van der Waals surface area contributed by atoms with Gasteiger partial charge in [-0.3, -0.25) is 14.5 Å². The van der Waals surface area contributed by atoms with Gasteiger partial charge in [0.1, 0.15) is 5.82 Å². The summed E-state index contributed by atoms with van der Waals surface area (Å²) in [5.41, 5.74) is 0.800. The number of likely N-dealkylation sites (N-methyl/N-ethyl adjacent to an activating group) is 3. The summed E-state index contributed by atoms with van der Waals surface area (Å²) in [7, 11) is 4.88. The Morgan fingerprint density at radius 3 is 2.55 bits per heavy atom. The fourth-order valence-electron chi connectivity index (χ4n) is 1.74. The van der Waals surface area contributed by atoms with Gasteiger partial charge in [0.25, 0.3) is 0 Å².